The largest absolute Gasteiger partial charge is 0.456 e. The summed E-state index contributed by atoms with van der Waals surface area (Å²) in [5, 5.41) is 5.44. The van der Waals surface area contributed by atoms with Gasteiger partial charge in [0.1, 0.15) is 22.3 Å². The molecule has 11 aromatic rings. The van der Waals surface area contributed by atoms with Crippen molar-refractivity contribution in [2.45, 2.75) is 0 Å². The van der Waals surface area contributed by atoms with E-state index >= 15 is 0 Å². The van der Waals surface area contributed by atoms with E-state index in [0.29, 0.717) is 11.8 Å². The number of benzene rings is 5. The highest BCUT2D eigenvalue weighted by Gasteiger charge is 2.21. The zero-order chi connectivity index (χ0) is 33.5. The molecule has 0 saturated carbocycles. The molecule has 0 unspecified atom stereocenters. The number of fused-ring (bicyclic) bond motifs is 9. The standard InChI is InChI=1S/C43H25N3O4S/c1-3-9-35-30(7-1)32-16-13-26(21-37(32)49-35)45(41-11-5-19-47-41)28-15-18-34-39(23-28)51-40-24-29(25-44-43(34)40)46(42-12-6-20-48-42)27-14-17-33-31-8-2-4-10-36(31)50-38(33)22-27/h1-25H. The molecule has 5 aromatic carbocycles. The smallest absolute Gasteiger partial charge is 0.204 e. The fraction of sp³-hybridized carbons (Fsp3) is 0. The fourth-order valence-corrected chi connectivity index (χ4v) is 8.32. The Bertz CT molecular complexity index is 2860. The summed E-state index contributed by atoms with van der Waals surface area (Å²) in [7, 11) is 0. The molecule has 0 fully saturated rings. The average molecular weight is 680 g/mol. The van der Waals surface area contributed by atoms with Crippen molar-refractivity contribution in [2.24, 2.45) is 0 Å². The molecule has 7 nitrogen and oxygen atoms in total. The van der Waals surface area contributed by atoms with E-state index in [1.54, 1.807) is 23.9 Å². The highest BCUT2D eigenvalue weighted by Crippen LogP contribution is 2.44. The van der Waals surface area contributed by atoms with Gasteiger partial charge in [-0.25, -0.2) is 0 Å². The highest BCUT2D eigenvalue weighted by atomic mass is 32.1. The number of rotatable bonds is 6. The van der Waals surface area contributed by atoms with Crippen LogP contribution in [0, 0.1) is 0 Å². The van der Waals surface area contributed by atoms with Crippen molar-refractivity contribution in [3.8, 4) is 0 Å². The minimum absolute atomic E-state index is 0.686. The van der Waals surface area contributed by atoms with Crippen LogP contribution in [0.5, 0.6) is 0 Å². The van der Waals surface area contributed by atoms with Gasteiger partial charge in [0.15, 0.2) is 0 Å². The van der Waals surface area contributed by atoms with Gasteiger partial charge < -0.3 is 17.7 Å². The number of para-hydroxylation sites is 2. The Morgan fingerprint density at radius 3 is 1.53 bits per heavy atom. The van der Waals surface area contributed by atoms with E-state index in [2.05, 4.69) is 82.6 Å². The van der Waals surface area contributed by atoms with Crippen LogP contribution in [0.4, 0.5) is 34.5 Å². The van der Waals surface area contributed by atoms with Gasteiger partial charge in [-0.05, 0) is 72.8 Å². The Kier molecular flexibility index (Phi) is 5.99. The lowest BCUT2D eigenvalue weighted by Crippen LogP contribution is -2.09. The van der Waals surface area contributed by atoms with E-state index in [4.69, 9.17) is 22.7 Å². The van der Waals surface area contributed by atoms with Crippen molar-refractivity contribution >= 4 is 110 Å². The third kappa shape index (κ3) is 4.40. The monoisotopic (exact) mass is 679 g/mol. The summed E-state index contributed by atoms with van der Waals surface area (Å²) < 4.78 is 26.6. The van der Waals surface area contributed by atoms with E-state index in [0.717, 1.165) is 86.9 Å². The van der Waals surface area contributed by atoms with Crippen LogP contribution in [0.25, 0.3) is 64.2 Å². The molecule has 6 heterocycles. The summed E-state index contributed by atoms with van der Waals surface area (Å²) in [5.74, 6) is 1.40. The molecule has 8 heteroatoms. The molecule has 0 atom stereocenters. The lowest BCUT2D eigenvalue weighted by atomic mass is 10.1. The van der Waals surface area contributed by atoms with E-state index in [9.17, 15) is 0 Å². The average Bonchev–Trinajstić information content (AvgIpc) is 4.01. The van der Waals surface area contributed by atoms with Gasteiger partial charge in [-0.2, -0.15) is 0 Å². The van der Waals surface area contributed by atoms with Crippen LogP contribution in [0.15, 0.2) is 170 Å². The first-order valence-corrected chi connectivity index (χ1v) is 17.4. The van der Waals surface area contributed by atoms with Gasteiger partial charge in [0, 0.05) is 55.9 Å². The van der Waals surface area contributed by atoms with Crippen LogP contribution in [-0.4, -0.2) is 4.98 Å². The first kappa shape index (κ1) is 28.1. The van der Waals surface area contributed by atoms with Gasteiger partial charge >= 0.3 is 0 Å². The second-order valence-electron chi connectivity index (χ2n) is 12.5. The van der Waals surface area contributed by atoms with Crippen LogP contribution in [0.1, 0.15) is 0 Å². The van der Waals surface area contributed by atoms with E-state index in [1.165, 1.54) is 0 Å². The third-order valence-electron chi connectivity index (χ3n) is 9.49. The summed E-state index contributed by atoms with van der Waals surface area (Å²) in [6, 6.07) is 45.2. The molecule has 0 aliphatic rings. The minimum atomic E-state index is 0.686. The summed E-state index contributed by atoms with van der Waals surface area (Å²) >= 11 is 1.71. The SMILES string of the molecule is c1coc(N(c2ccc3c(c2)oc2ccccc23)c2ccc3c(c2)sc2cc(N(c4ccc5c(c4)oc4ccccc45)c4ccco4)cnc23)c1. The Morgan fingerprint density at radius 1 is 0.431 bits per heavy atom. The predicted molar refractivity (Wildman–Crippen MR) is 206 cm³/mol. The number of thiophene rings is 1. The Hall–Kier alpha value is -6.77. The quantitative estimate of drug-likeness (QED) is 0.173. The van der Waals surface area contributed by atoms with E-state index < -0.39 is 0 Å². The van der Waals surface area contributed by atoms with Crippen molar-refractivity contribution in [3.05, 3.63) is 152 Å². The van der Waals surface area contributed by atoms with E-state index in [-0.39, 0.29) is 0 Å². The summed E-state index contributed by atoms with van der Waals surface area (Å²) in [6.07, 6.45) is 5.29. The lowest BCUT2D eigenvalue weighted by Gasteiger charge is -2.22. The molecule has 0 spiro atoms. The molecule has 11 rings (SSSR count). The fourth-order valence-electron chi connectivity index (χ4n) is 7.19. The zero-order valence-electron chi connectivity index (χ0n) is 26.8. The number of furan rings is 4. The van der Waals surface area contributed by atoms with Gasteiger partial charge in [0.25, 0.3) is 0 Å². The topological polar surface area (TPSA) is 71.9 Å². The number of anilines is 6. The van der Waals surface area contributed by atoms with Gasteiger partial charge in [0.2, 0.25) is 11.8 Å². The highest BCUT2D eigenvalue weighted by molar-refractivity contribution is 7.25. The van der Waals surface area contributed by atoms with Gasteiger partial charge in [-0.15, -0.1) is 11.3 Å². The van der Waals surface area contributed by atoms with Gasteiger partial charge in [0.05, 0.1) is 51.7 Å². The second kappa shape index (κ2) is 10.9. The maximum atomic E-state index is 6.25. The molecule has 0 aliphatic carbocycles. The van der Waals surface area contributed by atoms with Gasteiger partial charge in [-0.3, -0.25) is 14.8 Å². The van der Waals surface area contributed by atoms with Crippen LogP contribution in [0.2, 0.25) is 0 Å². The third-order valence-corrected chi connectivity index (χ3v) is 10.6. The molecule has 0 N–H and O–H groups in total. The number of hydrogen-bond acceptors (Lipinski definition) is 8. The maximum absolute atomic E-state index is 6.25. The Balaban J connectivity index is 1.02. The summed E-state index contributed by atoms with van der Waals surface area (Å²) in [4.78, 5) is 9.20. The maximum Gasteiger partial charge on any atom is 0.204 e. The molecule has 242 valence electrons. The molecule has 0 aliphatic heterocycles. The van der Waals surface area contributed by atoms with E-state index in [1.807, 2.05) is 66.9 Å². The predicted octanol–water partition coefficient (Wildman–Crippen LogP) is 13.4. The van der Waals surface area contributed by atoms with Crippen molar-refractivity contribution < 1.29 is 17.7 Å². The van der Waals surface area contributed by atoms with Crippen LogP contribution in [-0.2, 0) is 0 Å². The number of hydrogen-bond donors (Lipinski definition) is 0. The molecule has 0 amide bonds. The number of nitrogens with zero attached hydrogens (tertiary/aromatic N) is 3. The minimum Gasteiger partial charge on any atom is -0.456 e. The second-order valence-corrected chi connectivity index (χ2v) is 13.5. The first-order valence-electron chi connectivity index (χ1n) is 16.6. The first-order chi connectivity index (χ1) is 25.2. The zero-order valence-corrected chi connectivity index (χ0v) is 27.6. The molecular formula is C43H25N3O4S. The normalized spacial score (nSPS) is 11.9. The van der Waals surface area contributed by atoms with Crippen molar-refractivity contribution in [3.63, 3.8) is 0 Å². The van der Waals surface area contributed by atoms with Crippen LogP contribution in [0.3, 0.4) is 0 Å². The summed E-state index contributed by atoms with van der Waals surface area (Å²) in [6.45, 7) is 0. The molecule has 0 saturated heterocycles. The molecule has 0 radical (unpaired) electrons. The molecular weight excluding hydrogens is 655 g/mol. The van der Waals surface area contributed by atoms with Gasteiger partial charge in [-0.1, -0.05) is 36.4 Å². The van der Waals surface area contributed by atoms with Crippen molar-refractivity contribution in [1.82, 2.24) is 4.98 Å². The van der Waals surface area contributed by atoms with Crippen molar-refractivity contribution in [2.75, 3.05) is 9.80 Å². The molecule has 0 bridgehead atoms. The van der Waals surface area contributed by atoms with Crippen LogP contribution < -0.4 is 9.80 Å². The lowest BCUT2D eigenvalue weighted by molar-refractivity contribution is 0.573. The Morgan fingerprint density at radius 2 is 0.941 bits per heavy atom. The number of aromatic nitrogens is 1. The molecule has 6 aromatic heterocycles. The number of pyridine rings is 1. The summed E-state index contributed by atoms with van der Waals surface area (Å²) in [5.41, 5.74) is 8.03. The van der Waals surface area contributed by atoms with Crippen LogP contribution >= 0.6 is 11.3 Å². The van der Waals surface area contributed by atoms with Crippen molar-refractivity contribution in [1.29, 1.82) is 0 Å². The Labute approximate surface area is 293 Å². The molecule has 51 heavy (non-hydrogen) atoms.